The number of aromatic nitrogens is 5. The first-order chi connectivity index (χ1) is 14.1. The Balaban J connectivity index is 1.51. The van der Waals surface area contributed by atoms with Crippen molar-refractivity contribution in [3.8, 4) is 10.7 Å². The minimum atomic E-state index is -0.511. The van der Waals surface area contributed by atoms with Crippen molar-refractivity contribution < 1.29 is 4.79 Å². The van der Waals surface area contributed by atoms with Gasteiger partial charge in [0, 0.05) is 19.2 Å². The van der Waals surface area contributed by atoms with Crippen molar-refractivity contribution in [2.75, 3.05) is 25.0 Å². The van der Waals surface area contributed by atoms with Gasteiger partial charge in [0.1, 0.15) is 11.9 Å². The summed E-state index contributed by atoms with van der Waals surface area (Å²) in [4.78, 5) is 16.5. The van der Waals surface area contributed by atoms with Crippen molar-refractivity contribution >= 4 is 35.3 Å². The van der Waals surface area contributed by atoms with Gasteiger partial charge in [0.05, 0.1) is 17.1 Å². The Bertz CT molecular complexity index is 1010. The lowest BCUT2D eigenvalue weighted by molar-refractivity contribution is -0.118. The molecule has 3 aromatic heterocycles. The molecule has 0 aliphatic carbocycles. The van der Waals surface area contributed by atoms with Crippen LogP contribution in [0.1, 0.15) is 38.8 Å². The highest BCUT2D eigenvalue weighted by molar-refractivity contribution is 7.71. The van der Waals surface area contributed by atoms with Gasteiger partial charge >= 0.3 is 0 Å². The van der Waals surface area contributed by atoms with Crippen LogP contribution in [0.3, 0.4) is 0 Å². The molecule has 0 radical (unpaired) electrons. The molecule has 3 aromatic rings. The Morgan fingerprint density at radius 1 is 1.41 bits per heavy atom. The van der Waals surface area contributed by atoms with E-state index in [1.165, 1.54) is 0 Å². The summed E-state index contributed by atoms with van der Waals surface area (Å²) in [7, 11) is 0. The third-order valence-electron chi connectivity index (χ3n) is 5.48. The topological polar surface area (TPSA) is 83.8 Å². The maximum atomic E-state index is 13.1. The van der Waals surface area contributed by atoms with E-state index in [1.807, 2.05) is 35.2 Å². The average Bonchev–Trinajstić information content (AvgIpc) is 3.48. The van der Waals surface area contributed by atoms with Crippen LogP contribution in [0.4, 0.5) is 5.82 Å². The molecule has 0 aromatic carbocycles. The second-order valence-corrected chi connectivity index (χ2v) is 8.53. The molecule has 0 spiro atoms. The van der Waals surface area contributed by atoms with Crippen molar-refractivity contribution in [3.05, 3.63) is 34.5 Å². The number of nitrogens with one attached hydrogen (secondary N) is 2. The van der Waals surface area contributed by atoms with Gasteiger partial charge < -0.3 is 10.2 Å². The molecular weight excluding hydrogens is 406 g/mol. The molecule has 1 atom stereocenters. The van der Waals surface area contributed by atoms with Crippen LogP contribution in [0.15, 0.2) is 29.8 Å². The summed E-state index contributed by atoms with van der Waals surface area (Å²) >= 11 is 6.95. The van der Waals surface area contributed by atoms with Gasteiger partial charge in [0.2, 0.25) is 5.91 Å². The maximum Gasteiger partial charge on any atom is 0.248 e. The second kappa shape index (κ2) is 8.60. The van der Waals surface area contributed by atoms with E-state index in [0.717, 1.165) is 43.2 Å². The number of nitrogens with zero attached hydrogens (tertiary/aromatic N) is 5. The molecule has 1 fully saturated rings. The van der Waals surface area contributed by atoms with E-state index in [1.54, 1.807) is 22.1 Å². The Hall–Kier alpha value is -2.30. The van der Waals surface area contributed by atoms with Crippen molar-refractivity contribution in [2.24, 2.45) is 0 Å². The van der Waals surface area contributed by atoms with Crippen molar-refractivity contribution in [1.82, 2.24) is 29.4 Å². The highest BCUT2D eigenvalue weighted by Gasteiger charge is 2.25. The van der Waals surface area contributed by atoms with E-state index in [0.29, 0.717) is 16.6 Å². The van der Waals surface area contributed by atoms with Crippen LogP contribution in [0.2, 0.25) is 0 Å². The average molecular weight is 432 g/mol. The standard InChI is InChI=1S/C19H25N7OS2/c1-3-24-10-7-14(8-11-24)26-16(6-9-20-26)21-18(27)13(2)25-17(22-23-19(25)28)15-5-4-12-29-15/h4-6,9,12-14H,3,7-8,10-11H2,1-2H3,(H,21,27)(H,23,28). The van der Waals surface area contributed by atoms with Gasteiger partial charge in [0.25, 0.3) is 0 Å². The van der Waals surface area contributed by atoms with Crippen molar-refractivity contribution in [2.45, 2.75) is 38.8 Å². The van der Waals surface area contributed by atoms with Crippen LogP contribution in [0, 0.1) is 4.77 Å². The van der Waals surface area contributed by atoms with Crippen LogP contribution in [0.25, 0.3) is 10.7 Å². The Kier molecular flexibility index (Phi) is 5.93. The van der Waals surface area contributed by atoms with Crippen LogP contribution in [0.5, 0.6) is 0 Å². The number of likely N-dealkylation sites (tertiary alicyclic amines) is 1. The van der Waals surface area contributed by atoms with Gasteiger partial charge in [-0.2, -0.15) is 10.2 Å². The zero-order chi connectivity index (χ0) is 20.4. The molecule has 0 bridgehead atoms. The smallest absolute Gasteiger partial charge is 0.248 e. The summed E-state index contributed by atoms with van der Waals surface area (Å²) in [5, 5.41) is 16.6. The van der Waals surface area contributed by atoms with Gasteiger partial charge in [0.15, 0.2) is 10.6 Å². The summed E-state index contributed by atoms with van der Waals surface area (Å²) in [6.07, 6.45) is 3.81. The van der Waals surface area contributed by atoms with Gasteiger partial charge in [-0.3, -0.25) is 14.5 Å². The third-order valence-corrected chi connectivity index (χ3v) is 6.64. The molecule has 0 saturated carbocycles. The lowest BCUT2D eigenvalue weighted by Gasteiger charge is -2.31. The minimum absolute atomic E-state index is 0.145. The molecule has 10 heteroatoms. The molecule has 4 rings (SSSR count). The normalized spacial score (nSPS) is 16.8. The molecule has 2 N–H and O–H groups in total. The molecule has 1 aliphatic rings. The van der Waals surface area contributed by atoms with Crippen LogP contribution >= 0.6 is 23.6 Å². The van der Waals surface area contributed by atoms with E-state index in [2.05, 4.69) is 32.4 Å². The van der Waals surface area contributed by atoms with E-state index < -0.39 is 6.04 Å². The molecule has 1 saturated heterocycles. The number of piperidine rings is 1. The highest BCUT2D eigenvalue weighted by Crippen LogP contribution is 2.28. The maximum absolute atomic E-state index is 13.1. The third kappa shape index (κ3) is 4.05. The zero-order valence-corrected chi connectivity index (χ0v) is 18.2. The lowest BCUT2D eigenvalue weighted by atomic mass is 10.1. The van der Waals surface area contributed by atoms with Gasteiger partial charge in [-0.05, 0) is 50.0 Å². The summed E-state index contributed by atoms with van der Waals surface area (Å²) in [6, 6.07) is 5.56. The lowest BCUT2D eigenvalue weighted by Crippen LogP contribution is -2.35. The fourth-order valence-electron chi connectivity index (χ4n) is 3.78. The number of aromatic amines is 1. The molecule has 4 heterocycles. The summed E-state index contributed by atoms with van der Waals surface area (Å²) in [5.74, 6) is 1.26. The number of rotatable bonds is 6. The number of hydrogen-bond donors (Lipinski definition) is 2. The van der Waals surface area contributed by atoms with E-state index in [4.69, 9.17) is 12.2 Å². The Labute approximate surface area is 178 Å². The van der Waals surface area contributed by atoms with Crippen molar-refractivity contribution in [3.63, 3.8) is 0 Å². The number of carbonyl (C=O) groups excluding carboxylic acids is 1. The summed E-state index contributed by atoms with van der Waals surface area (Å²) in [6.45, 7) is 7.20. The fourth-order valence-corrected chi connectivity index (χ4v) is 4.78. The predicted octanol–water partition coefficient (Wildman–Crippen LogP) is 3.72. The van der Waals surface area contributed by atoms with Crippen LogP contribution in [-0.2, 0) is 4.79 Å². The quantitative estimate of drug-likeness (QED) is 0.581. The van der Waals surface area contributed by atoms with Gasteiger partial charge in [-0.1, -0.05) is 13.0 Å². The number of thiophene rings is 1. The number of amides is 1. The number of carbonyl (C=O) groups is 1. The second-order valence-electron chi connectivity index (χ2n) is 7.19. The summed E-state index contributed by atoms with van der Waals surface area (Å²) in [5.41, 5.74) is 0. The molecule has 8 nitrogen and oxygen atoms in total. The van der Waals surface area contributed by atoms with Gasteiger partial charge in [-0.25, -0.2) is 4.68 Å². The van der Waals surface area contributed by atoms with E-state index >= 15 is 0 Å². The molecule has 29 heavy (non-hydrogen) atoms. The van der Waals surface area contributed by atoms with E-state index in [-0.39, 0.29) is 5.91 Å². The van der Waals surface area contributed by atoms with Crippen molar-refractivity contribution in [1.29, 1.82) is 0 Å². The zero-order valence-electron chi connectivity index (χ0n) is 16.5. The molecule has 154 valence electrons. The number of anilines is 1. The van der Waals surface area contributed by atoms with Crippen LogP contribution < -0.4 is 5.32 Å². The molecular formula is C19H25N7OS2. The molecule has 1 unspecified atom stereocenters. The predicted molar refractivity (Wildman–Crippen MR) is 117 cm³/mol. The Morgan fingerprint density at radius 3 is 2.90 bits per heavy atom. The largest absolute Gasteiger partial charge is 0.309 e. The Morgan fingerprint density at radius 2 is 2.21 bits per heavy atom. The fraction of sp³-hybridized carbons (Fsp3) is 0.474. The highest BCUT2D eigenvalue weighted by atomic mass is 32.1. The first-order valence-corrected chi connectivity index (χ1v) is 11.1. The first-order valence-electron chi connectivity index (χ1n) is 9.86. The van der Waals surface area contributed by atoms with Crippen LogP contribution in [-0.4, -0.2) is 55.0 Å². The SMILES string of the molecule is CCN1CCC(n2nccc2NC(=O)C(C)n2c(-c3cccs3)n[nH]c2=S)CC1. The minimum Gasteiger partial charge on any atom is -0.309 e. The number of H-pyrrole nitrogens is 1. The first kappa shape index (κ1) is 20.0. The number of hydrogen-bond acceptors (Lipinski definition) is 6. The monoisotopic (exact) mass is 431 g/mol. The molecule has 1 aliphatic heterocycles. The summed E-state index contributed by atoms with van der Waals surface area (Å²) < 4.78 is 4.14. The van der Waals surface area contributed by atoms with E-state index in [9.17, 15) is 4.79 Å². The molecule has 1 amide bonds. The van der Waals surface area contributed by atoms with Gasteiger partial charge in [-0.15, -0.1) is 11.3 Å².